The van der Waals surface area contributed by atoms with Gasteiger partial charge in [-0.05, 0) is 31.0 Å². The maximum absolute atomic E-state index is 11.6. The molecule has 1 aliphatic rings. The van der Waals surface area contributed by atoms with Crippen LogP contribution >= 0.6 is 0 Å². The van der Waals surface area contributed by atoms with E-state index in [1.807, 2.05) is 55.1 Å². The molecule has 2 aromatic heterocycles. The number of hydrogen-bond acceptors (Lipinski definition) is 5. The van der Waals surface area contributed by atoms with Crippen LogP contribution in [0.5, 0.6) is 0 Å². The standard InChI is InChI=1S/C20H21N5O2.C2H6/c26-20(27)16-8-10-22-13-18(16)24-19-17(14-5-2-1-3-6-14)12-23-25(19)15-7-4-9-21-11-15;1-2/h1-3,5-6,8,10,12-13,15,21,24H,4,7,9,11H2,(H,26,27);1-2H3. The van der Waals surface area contributed by atoms with Crippen molar-refractivity contribution < 1.29 is 9.90 Å². The largest absolute Gasteiger partial charge is 0.478 e. The van der Waals surface area contributed by atoms with E-state index in [1.165, 1.54) is 18.5 Å². The lowest BCUT2D eigenvalue weighted by Gasteiger charge is -2.25. The Morgan fingerprint density at radius 2 is 2.00 bits per heavy atom. The van der Waals surface area contributed by atoms with Crippen molar-refractivity contribution in [3.8, 4) is 11.1 Å². The van der Waals surface area contributed by atoms with E-state index in [9.17, 15) is 9.90 Å². The highest BCUT2D eigenvalue weighted by Crippen LogP contribution is 2.34. The lowest BCUT2D eigenvalue weighted by molar-refractivity contribution is 0.0698. The second kappa shape index (κ2) is 9.84. The molecular formula is C22H27N5O2. The predicted molar refractivity (Wildman–Crippen MR) is 115 cm³/mol. The van der Waals surface area contributed by atoms with Crippen LogP contribution in [0.3, 0.4) is 0 Å². The Bertz CT molecular complexity index is 933. The van der Waals surface area contributed by atoms with Crippen LogP contribution in [0.1, 0.15) is 43.1 Å². The first-order valence-corrected chi connectivity index (χ1v) is 10.0. The predicted octanol–water partition coefficient (Wildman–Crippen LogP) is 4.34. The number of benzene rings is 1. The molecule has 4 rings (SSSR count). The van der Waals surface area contributed by atoms with Crippen LogP contribution in [0.4, 0.5) is 11.5 Å². The van der Waals surface area contributed by atoms with Gasteiger partial charge >= 0.3 is 5.97 Å². The van der Waals surface area contributed by atoms with Crippen molar-refractivity contribution in [3.63, 3.8) is 0 Å². The molecular weight excluding hydrogens is 366 g/mol. The van der Waals surface area contributed by atoms with Gasteiger partial charge in [0.15, 0.2) is 0 Å². The molecule has 0 radical (unpaired) electrons. The van der Waals surface area contributed by atoms with Gasteiger partial charge in [0.05, 0.1) is 29.7 Å². The number of pyridine rings is 1. The van der Waals surface area contributed by atoms with Crippen molar-refractivity contribution in [1.82, 2.24) is 20.1 Å². The minimum atomic E-state index is -0.994. The summed E-state index contributed by atoms with van der Waals surface area (Å²) in [5.74, 6) is -0.211. The van der Waals surface area contributed by atoms with Gasteiger partial charge in [-0.25, -0.2) is 9.48 Å². The maximum Gasteiger partial charge on any atom is 0.337 e. The van der Waals surface area contributed by atoms with Crippen molar-refractivity contribution in [1.29, 1.82) is 0 Å². The number of anilines is 2. The average Bonchev–Trinajstić information content (AvgIpc) is 3.20. The van der Waals surface area contributed by atoms with E-state index in [0.29, 0.717) is 5.69 Å². The van der Waals surface area contributed by atoms with E-state index in [0.717, 1.165) is 42.9 Å². The fourth-order valence-corrected chi connectivity index (χ4v) is 3.44. The number of aromatic nitrogens is 3. The summed E-state index contributed by atoms with van der Waals surface area (Å²) in [5.41, 5.74) is 2.59. The molecule has 29 heavy (non-hydrogen) atoms. The molecule has 7 nitrogen and oxygen atoms in total. The Kier molecular flexibility index (Phi) is 6.97. The zero-order valence-electron chi connectivity index (χ0n) is 16.8. The zero-order valence-corrected chi connectivity index (χ0v) is 16.8. The summed E-state index contributed by atoms with van der Waals surface area (Å²) in [7, 11) is 0. The first-order valence-electron chi connectivity index (χ1n) is 10.0. The molecule has 0 spiro atoms. The highest BCUT2D eigenvalue weighted by Gasteiger charge is 2.23. The van der Waals surface area contributed by atoms with Crippen LogP contribution in [0.2, 0.25) is 0 Å². The first-order chi connectivity index (χ1) is 14.2. The van der Waals surface area contributed by atoms with Gasteiger partial charge in [0, 0.05) is 18.3 Å². The summed E-state index contributed by atoms with van der Waals surface area (Å²) in [5, 5.41) is 20.8. The molecule has 0 amide bonds. The van der Waals surface area contributed by atoms with Crippen LogP contribution in [0.25, 0.3) is 11.1 Å². The Morgan fingerprint density at radius 1 is 1.21 bits per heavy atom. The molecule has 3 N–H and O–H groups in total. The minimum Gasteiger partial charge on any atom is -0.478 e. The third-order valence-corrected chi connectivity index (χ3v) is 4.80. The van der Waals surface area contributed by atoms with Gasteiger partial charge in [0.2, 0.25) is 0 Å². The fraction of sp³-hybridized carbons (Fsp3) is 0.318. The van der Waals surface area contributed by atoms with Gasteiger partial charge in [-0.2, -0.15) is 5.10 Å². The average molecular weight is 393 g/mol. The van der Waals surface area contributed by atoms with E-state index >= 15 is 0 Å². The molecule has 1 saturated heterocycles. The van der Waals surface area contributed by atoms with Gasteiger partial charge in [0.25, 0.3) is 0 Å². The van der Waals surface area contributed by atoms with Crippen LogP contribution in [0.15, 0.2) is 55.0 Å². The first kappa shape index (κ1) is 20.5. The second-order valence-corrected chi connectivity index (χ2v) is 6.57. The lowest BCUT2D eigenvalue weighted by atomic mass is 10.1. The van der Waals surface area contributed by atoms with E-state index in [4.69, 9.17) is 0 Å². The summed E-state index contributed by atoms with van der Waals surface area (Å²) < 4.78 is 1.97. The van der Waals surface area contributed by atoms with E-state index < -0.39 is 5.97 Å². The van der Waals surface area contributed by atoms with Crippen LogP contribution in [-0.4, -0.2) is 38.9 Å². The highest BCUT2D eigenvalue weighted by molar-refractivity contribution is 5.95. The van der Waals surface area contributed by atoms with E-state index in [-0.39, 0.29) is 11.6 Å². The number of piperidine rings is 1. The number of nitrogens with zero attached hydrogens (tertiary/aromatic N) is 3. The summed E-state index contributed by atoms with van der Waals surface area (Å²) in [6, 6.07) is 11.7. The molecule has 1 fully saturated rings. The van der Waals surface area contributed by atoms with Gasteiger partial charge in [0.1, 0.15) is 5.82 Å². The van der Waals surface area contributed by atoms with Crippen molar-refractivity contribution in [2.75, 3.05) is 18.4 Å². The molecule has 152 valence electrons. The summed E-state index contributed by atoms with van der Waals surface area (Å²) in [6.45, 7) is 5.85. The minimum absolute atomic E-state index is 0.179. The van der Waals surface area contributed by atoms with Crippen molar-refractivity contribution >= 4 is 17.5 Å². The zero-order chi connectivity index (χ0) is 20.6. The molecule has 1 unspecified atom stereocenters. The third-order valence-electron chi connectivity index (χ3n) is 4.80. The van der Waals surface area contributed by atoms with E-state index in [1.54, 1.807) is 0 Å². The Hall–Kier alpha value is -3.19. The number of hydrogen-bond donors (Lipinski definition) is 3. The molecule has 7 heteroatoms. The van der Waals surface area contributed by atoms with Crippen molar-refractivity contribution in [2.24, 2.45) is 0 Å². The summed E-state index contributed by atoms with van der Waals surface area (Å²) >= 11 is 0. The molecule has 1 aromatic carbocycles. The number of carboxylic acids is 1. The van der Waals surface area contributed by atoms with Crippen molar-refractivity contribution in [2.45, 2.75) is 32.7 Å². The highest BCUT2D eigenvalue weighted by atomic mass is 16.4. The van der Waals surface area contributed by atoms with Gasteiger partial charge in [-0.15, -0.1) is 0 Å². The van der Waals surface area contributed by atoms with Gasteiger partial charge in [-0.1, -0.05) is 44.2 Å². The molecule has 1 aliphatic heterocycles. The molecule has 1 atom stereocenters. The summed E-state index contributed by atoms with van der Waals surface area (Å²) in [6.07, 6.45) is 6.96. The maximum atomic E-state index is 11.6. The molecule has 0 saturated carbocycles. The van der Waals surface area contributed by atoms with Crippen LogP contribution in [-0.2, 0) is 0 Å². The van der Waals surface area contributed by atoms with Crippen molar-refractivity contribution in [3.05, 3.63) is 60.6 Å². The normalized spacial score (nSPS) is 15.9. The fourth-order valence-electron chi connectivity index (χ4n) is 3.44. The van der Waals surface area contributed by atoms with Crippen LogP contribution in [0, 0.1) is 0 Å². The van der Waals surface area contributed by atoms with Crippen LogP contribution < -0.4 is 10.6 Å². The smallest absolute Gasteiger partial charge is 0.337 e. The molecule has 3 heterocycles. The van der Waals surface area contributed by atoms with Gasteiger partial charge in [-0.3, -0.25) is 4.98 Å². The van der Waals surface area contributed by atoms with E-state index in [2.05, 4.69) is 20.7 Å². The lowest BCUT2D eigenvalue weighted by Crippen LogP contribution is -2.32. The quantitative estimate of drug-likeness (QED) is 0.597. The topological polar surface area (TPSA) is 92.1 Å². The monoisotopic (exact) mass is 393 g/mol. The number of carboxylic acid groups (broad SMARTS) is 1. The SMILES string of the molecule is CC.O=C(O)c1ccncc1Nc1c(-c2ccccc2)cnn1C1CCCNC1. The molecule has 0 aliphatic carbocycles. The Labute approximate surface area is 170 Å². The van der Waals surface area contributed by atoms with Gasteiger partial charge < -0.3 is 15.7 Å². The number of carbonyl (C=O) groups is 1. The number of nitrogens with one attached hydrogen (secondary N) is 2. The molecule has 3 aromatic rings. The third kappa shape index (κ3) is 4.63. The number of rotatable bonds is 5. The number of aromatic carboxylic acids is 1. The second-order valence-electron chi connectivity index (χ2n) is 6.57. The Morgan fingerprint density at radius 3 is 2.69 bits per heavy atom. The molecule has 0 bridgehead atoms. The Balaban J connectivity index is 0.00000117. The summed E-state index contributed by atoms with van der Waals surface area (Å²) in [4.78, 5) is 15.7.